The Morgan fingerprint density at radius 3 is 2.56 bits per heavy atom. The van der Waals surface area contributed by atoms with Gasteiger partial charge in [0.05, 0.1) is 30.8 Å². The molecule has 0 radical (unpaired) electrons. The molecule has 1 atom stereocenters. The van der Waals surface area contributed by atoms with Crippen LogP contribution >= 0.6 is 11.8 Å². The zero-order valence-electron chi connectivity index (χ0n) is 19.6. The third-order valence-electron chi connectivity index (χ3n) is 5.35. The molecule has 0 aromatic heterocycles. The van der Waals surface area contributed by atoms with Crippen molar-refractivity contribution in [3.63, 3.8) is 0 Å². The number of benzene rings is 2. The number of ether oxygens (including phenoxy) is 2. The second-order valence-electron chi connectivity index (χ2n) is 8.27. The predicted molar refractivity (Wildman–Crippen MR) is 133 cm³/mol. The summed E-state index contributed by atoms with van der Waals surface area (Å²) in [6, 6.07) is 16.6. The van der Waals surface area contributed by atoms with Gasteiger partial charge in [-0.3, -0.25) is 4.79 Å². The average molecular weight is 478 g/mol. The molecular weight excluding hydrogens is 450 g/mol. The summed E-state index contributed by atoms with van der Waals surface area (Å²) in [5.74, 6) is 0.814. The minimum Gasteiger partial charge on any atom is -0.466 e. The average Bonchev–Trinajstić information content (AvgIpc) is 3.19. The zero-order chi connectivity index (χ0) is 24.2. The van der Waals surface area contributed by atoms with Crippen molar-refractivity contribution in [2.45, 2.75) is 39.3 Å². The molecule has 0 aliphatic carbocycles. The first-order valence-electron chi connectivity index (χ1n) is 11.0. The number of allylic oxidation sites excluding steroid dienone is 1. The van der Waals surface area contributed by atoms with E-state index in [0.717, 1.165) is 16.4 Å². The van der Waals surface area contributed by atoms with Crippen molar-refractivity contribution >= 4 is 28.8 Å². The highest BCUT2D eigenvalue weighted by Gasteiger charge is 2.41. The van der Waals surface area contributed by atoms with Gasteiger partial charge in [0, 0.05) is 11.7 Å². The van der Waals surface area contributed by atoms with Gasteiger partial charge < -0.3 is 19.7 Å². The van der Waals surface area contributed by atoms with Crippen LogP contribution in [-0.2, 0) is 14.3 Å². The van der Waals surface area contributed by atoms with E-state index >= 15 is 0 Å². The third kappa shape index (κ3) is 5.02. The van der Waals surface area contributed by atoms with Gasteiger partial charge in [0.1, 0.15) is 11.5 Å². The number of esters is 1. The number of hydrogen-bond donors (Lipinski definition) is 1. The number of amides is 1. The van der Waals surface area contributed by atoms with Crippen LogP contribution in [-0.4, -0.2) is 35.1 Å². The highest BCUT2D eigenvalue weighted by molar-refractivity contribution is 8.16. The Balaban J connectivity index is 1.73. The molecule has 1 N–H and O–H groups in total. The largest absolute Gasteiger partial charge is 0.466 e. The number of rotatable bonds is 7. The van der Waals surface area contributed by atoms with Gasteiger partial charge in [-0.2, -0.15) is 0 Å². The molecule has 8 heteroatoms. The fourth-order valence-electron chi connectivity index (χ4n) is 3.97. The van der Waals surface area contributed by atoms with E-state index in [9.17, 15) is 9.59 Å². The van der Waals surface area contributed by atoms with Gasteiger partial charge in [0.2, 0.25) is 5.91 Å². The first-order valence-corrected chi connectivity index (χ1v) is 11.9. The van der Waals surface area contributed by atoms with Crippen molar-refractivity contribution < 1.29 is 19.1 Å². The number of carbonyl (C=O) groups excluding carboxylic acids is 2. The van der Waals surface area contributed by atoms with Gasteiger partial charge in [-0.25, -0.2) is 9.79 Å². The Morgan fingerprint density at radius 2 is 1.85 bits per heavy atom. The number of fused-ring (bicyclic) bond motifs is 1. The molecule has 2 aromatic carbocycles. The van der Waals surface area contributed by atoms with E-state index in [2.05, 4.69) is 10.3 Å². The number of carbonyl (C=O) groups is 2. The van der Waals surface area contributed by atoms with E-state index in [4.69, 9.17) is 9.47 Å². The monoisotopic (exact) mass is 477 g/mol. The molecule has 2 aromatic rings. The fourth-order valence-corrected chi connectivity index (χ4v) is 4.93. The van der Waals surface area contributed by atoms with E-state index in [1.807, 2.05) is 78.8 Å². The predicted octanol–water partition coefficient (Wildman–Crippen LogP) is 5.14. The van der Waals surface area contributed by atoms with Crippen LogP contribution in [0.4, 0.5) is 0 Å². The molecule has 4 rings (SSSR count). The quantitative estimate of drug-likeness (QED) is 0.556. The topological polar surface area (TPSA) is 80.2 Å². The van der Waals surface area contributed by atoms with Crippen molar-refractivity contribution in [1.29, 1.82) is 0 Å². The molecular formula is C26H27N3O4S. The molecule has 1 amide bonds. The first kappa shape index (κ1) is 23.6. The minimum atomic E-state index is -0.507. The molecule has 0 bridgehead atoms. The van der Waals surface area contributed by atoms with E-state index in [-0.39, 0.29) is 18.4 Å². The Bertz CT molecular complexity index is 1190. The third-order valence-corrected chi connectivity index (χ3v) is 6.24. The van der Waals surface area contributed by atoms with Crippen LogP contribution in [0.2, 0.25) is 0 Å². The fraction of sp³-hybridized carbons (Fsp3) is 0.269. The van der Waals surface area contributed by atoms with Gasteiger partial charge in [0.15, 0.2) is 5.17 Å². The highest BCUT2D eigenvalue weighted by atomic mass is 32.2. The summed E-state index contributed by atoms with van der Waals surface area (Å²) in [6.07, 6.45) is 0.175. The summed E-state index contributed by atoms with van der Waals surface area (Å²) in [4.78, 5) is 32.1. The lowest BCUT2D eigenvalue weighted by Crippen LogP contribution is -2.38. The maximum absolute atomic E-state index is 12.9. The number of thioether (sulfide) groups is 1. The molecule has 0 spiro atoms. The van der Waals surface area contributed by atoms with E-state index in [0.29, 0.717) is 22.8 Å². The molecule has 176 valence electrons. The normalized spacial score (nSPS) is 17.2. The first-order chi connectivity index (χ1) is 16.4. The SMILES string of the molecule is COC(=O)C1=C(C)N=C2SC=C(CC(=O)NC(C)C)N2[C@@H]1c1cccc(Oc2ccccc2)c1. The second kappa shape index (κ2) is 10.2. The molecule has 34 heavy (non-hydrogen) atoms. The van der Waals surface area contributed by atoms with Crippen LogP contribution in [0, 0.1) is 0 Å². The van der Waals surface area contributed by atoms with Crippen molar-refractivity contribution in [1.82, 2.24) is 10.2 Å². The molecule has 2 aliphatic rings. The molecule has 2 aliphatic heterocycles. The van der Waals surface area contributed by atoms with Crippen LogP contribution < -0.4 is 10.1 Å². The summed E-state index contributed by atoms with van der Waals surface area (Å²) >= 11 is 1.44. The van der Waals surface area contributed by atoms with Gasteiger partial charge in [-0.1, -0.05) is 42.1 Å². The molecule has 7 nitrogen and oxygen atoms in total. The zero-order valence-corrected chi connectivity index (χ0v) is 20.4. The number of nitrogens with zero attached hydrogens (tertiary/aromatic N) is 2. The molecule has 2 heterocycles. The molecule has 0 unspecified atom stereocenters. The van der Waals surface area contributed by atoms with Crippen LogP contribution in [0.25, 0.3) is 0 Å². The van der Waals surface area contributed by atoms with Crippen LogP contribution in [0.3, 0.4) is 0 Å². The molecule has 0 saturated carbocycles. The minimum absolute atomic E-state index is 0.0343. The second-order valence-corrected chi connectivity index (χ2v) is 9.11. The van der Waals surface area contributed by atoms with Crippen LogP contribution in [0.1, 0.15) is 38.8 Å². The number of methoxy groups -OCH3 is 1. The number of hydrogen-bond acceptors (Lipinski definition) is 7. The van der Waals surface area contributed by atoms with Gasteiger partial charge in [-0.05, 0) is 56.0 Å². The Kier molecular flexibility index (Phi) is 7.07. The molecule has 0 fully saturated rings. The smallest absolute Gasteiger partial charge is 0.338 e. The number of para-hydroxylation sites is 1. The summed E-state index contributed by atoms with van der Waals surface area (Å²) in [5.41, 5.74) is 2.63. The standard InChI is InChI=1S/C26H27N3O4S/c1-16(2)27-22(30)14-19-15-34-26-28-17(3)23(25(31)32-4)24(29(19)26)18-9-8-12-21(13-18)33-20-10-6-5-7-11-20/h5-13,15-16,24H,14H2,1-4H3,(H,27,30)/t24-/m1/s1. The van der Waals surface area contributed by atoms with E-state index in [1.54, 1.807) is 6.92 Å². The summed E-state index contributed by atoms with van der Waals surface area (Å²) in [7, 11) is 1.36. The van der Waals surface area contributed by atoms with Gasteiger partial charge in [-0.15, -0.1) is 0 Å². The maximum atomic E-state index is 12.9. The Hall–Kier alpha value is -3.52. The van der Waals surface area contributed by atoms with Crippen molar-refractivity contribution in [3.05, 3.63) is 82.5 Å². The lowest BCUT2D eigenvalue weighted by Gasteiger charge is -2.36. The summed E-state index contributed by atoms with van der Waals surface area (Å²) in [6.45, 7) is 5.65. The number of aliphatic imine (C=N–C) groups is 1. The van der Waals surface area contributed by atoms with Crippen molar-refractivity contribution in [2.24, 2.45) is 4.99 Å². The lowest BCUT2D eigenvalue weighted by molar-refractivity contribution is -0.136. The summed E-state index contributed by atoms with van der Waals surface area (Å²) in [5, 5.41) is 5.57. The Morgan fingerprint density at radius 1 is 1.12 bits per heavy atom. The Labute approximate surface area is 203 Å². The van der Waals surface area contributed by atoms with Crippen LogP contribution in [0.15, 0.2) is 82.0 Å². The summed E-state index contributed by atoms with van der Waals surface area (Å²) < 4.78 is 11.2. The van der Waals surface area contributed by atoms with Crippen molar-refractivity contribution in [2.75, 3.05) is 7.11 Å². The number of nitrogens with one attached hydrogen (secondary N) is 1. The van der Waals surface area contributed by atoms with Crippen LogP contribution in [0.5, 0.6) is 11.5 Å². The van der Waals surface area contributed by atoms with Crippen molar-refractivity contribution in [3.8, 4) is 11.5 Å². The number of amidine groups is 1. The lowest BCUT2D eigenvalue weighted by atomic mass is 9.93. The van der Waals surface area contributed by atoms with E-state index in [1.165, 1.54) is 18.9 Å². The maximum Gasteiger partial charge on any atom is 0.338 e. The van der Waals surface area contributed by atoms with Gasteiger partial charge >= 0.3 is 5.97 Å². The molecule has 0 saturated heterocycles. The van der Waals surface area contributed by atoms with Gasteiger partial charge in [0.25, 0.3) is 0 Å². The highest BCUT2D eigenvalue weighted by Crippen LogP contribution is 2.45. The van der Waals surface area contributed by atoms with E-state index < -0.39 is 12.0 Å².